The van der Waals surface area contributed by atoms with E-state index in [4.69, 9.17) is 4.74 Å². The van der Waals surface area contributed by atoms with Crippen LogP contribution in [-0.2, 0) is 15.0 Å². The van der Waals surface area contributed by atoms with Crippen molar-refractivity contribution in [1.82, 2.24) is 9.62 Å². The molecule has 1 saturated carbocycles. The van der Waals surface area contributed by atoms with Gasteiger partial charge in [0.05, 0.1) is 18.2 Å². The number of carbonyl (C=O) groups is 1. The van der Waals surface area contributed by atoms with Crippen LogP contribution in [-0.4, -0.2) is 50.9 Å². The minimum absolute atomic E-state index is 0.0125. The molecule has 1 heterocycles. The zero-order valence-corrected chi connectivity index (χ0v) is 16.9. The van der Waals surface area contributed by atoms with Crippen molar-refractivity contribution in [3.05, 3.63) is 24.3 Å². The fourth-order valence-corrected chi connectivity index (χ4v) is 5.13. The summed E-state index contributed by atoms with van der Waals surface area (Å²) in [5, 5.41) is 3.00. The van der Waals surface area contributed by atoms with E-state index < -0.39 is 10.2 Å². The molecule has 150 valence electrons. The largest absolute Gasteiger partial charge is 0.494 e. The van der Waals surface area contributed by atoms with Crippen molar-refractivity contribution in [2.24, 2.45) is 5.92 Å². The van der Waals surface area contributed by atoms with Crippen LogP contribution in [0.5, 0.6) is 5.75 Å². The Balaban J connectivity index is 1.72. The van der Waals surface area contributed by atoms with E-state index in [-0.39, 0.29) is 18.4 Å². The molecule has 1 saturated heterocycles. The zero-order valence-electron chi connectivity index (χ0n) is 16.1. The summed E-state index contributed by atoms with van der Waals surface area (Å²) in [6, 6.07) is 7.36. The Morgan fingerprint density at radius 2 is 1.93 bits per heavy atom. The number of nitrogens with zero attached hydrogens (tertiary/aromatic N) is 2. The first-order valence-corrected chi connectivity index (χ1v) is 11.2. The summed E-state index contributed by atoms with van der Waals surface area (Å²) in [6.07, 6.45) is 3.49. The molecule has 1 atom stereocenters. The van der Waals surface area contributed by atoms with Crippen molar-refractivity contribution in [2.75, 3.05) is 30.5 Å². The smallest absolute Gasteiger partial charge is 0.304 e. The standard InChI is InChI=1S/C19H29N3O4S/c1-3-22(17-9-11-18(12-10-17)26-4-2)27(24,25)21-13-5-6-15(14-21)19(23)20-16-7-8-16/h9-12,15-16H,3-8,13-14H2,1-2H3,(H,20,23)/t15-/m1/s1. The van der Waals surface area contributed by atoms with E-state index >= 15 is 0 Å². The summed E-state index contributed by atoms with van der Waals surface area (Å²) in [7, 11) is -3.69. The number of ether oxygens (including phenoxy) is 1. The molecular weight excluding hydrogens is 366 g/mol. The number of anilines is 1. The van der Waals surface area contributed by atoms with Gasteiger partial charge in [-0.3, -0.25) is 9.10 Å². The second-order valence-corrected chi connectivity index (χ2v) is 8.93. The fraction of sp³-hybridized carbons (Fsp3) is 0.632. The maximum Gasteiger partial charge on any atom is 0.304 e. The first-order chi connectivity index (χ1) is 13.0. The van der Waals surface area contributed by atoms with Gasteiger partial charge in [-0.15, -0.1) is 0 Å². The highest BCUT2D eigenvalue weighted by Crippen LogP contribution is 2.27. The van der Waals surface area contributed by atoms with E-state index in [2.05, 4.69) is 5.32 Å². The average Bonchev–Trinajstić information content (AvgIpc) is 3.48. The van der Waals surface area contributed by atoms with E-state index in [9.17, 15) is 13.2 Å². The maximum atomic E-state index is 13.2. The number of piperidine rings is 1. The molecule has 1 amide bonds. The molecule has 1 aliphatic heterocycles. The third kappa shape index (κ3) is 4.73. The van der Waals surface area contributed by atoms with Crippen LogP contribution in [0.3, 0.4) is 0 Å². The van der Waals surface area contributed by atoms with Gasteiger partial charge in [-0.2, -0.15) is 12.7 Å². The number of carbonyl (C=O) groups excluding carboxylic acids is 1. The summed E-state index contributed by atoms with van der Waals surface area (Å²) in [4.78, 5) is 12.4. The number of nitrogens with one attached hydrogen (secondary N) is 1. The topological polar surface area (TPSA) is 79.0 Å². The lowest BCUT2D eigenvalue weighted by Gasteiger charge is -2.35. The lowest BCUT2D eigenvalue weighted by atomic mass is 9.99. The summed E-state index contributed by atoms with van der Waals surface area (Å²) in [5.41, 5.74) is 0.602. The van der Waals surface area contributed by atoms with Gasteiger partial charge in [0, 0.05) is 25.7 Å². The molecule has 0 bridgehead atoms. The molecule has 1 N–H and O–H groups in total. The summed E-state index contributed by atoms with van der Waals surface area (Å²) >= 11 is 0. The molecule has 8 heteroatoms. The Hall–Kier alpha value is -1.80. The van der Waals surface area contributed by atoms with E-state index in [1.165, 1.54) is 8.61 Å². The molecule has 0 spiro atoms. The third-order valence-electron chi connectivity index (χ3n) is 5.01. The van der Waals surface area contributed by atoms with Crippen molar-refractivity contribution in [2.45, 2.75) is 45.6 Å². The van der Waals surface area contributed by atoms with Crippen molar-refractivity contribution in [3.8, 4) is 5.75 Å². The first-order valence-electron chi connectivity index (χ1n) is 9.76. The van der Waals surface area contributed by atoms with Gasteiger partial charge < -0.3 is 10.1 Å². The molecule has 7 nitrogen and oxygen atoms in total. The predicted molar refractivity (Wildman–Crippen MR) is 105 cm³/mol. The monoisotopic (exact) mass is 395 g/mol. The minimum atomic E-state index is -3.69. The summed E-state index contributed by atoms with van der Waals surface area (Å²) in [6.45, 7) is 5.30. The normalized spacial score (nSPS) is 20.9. The van der Waals surface area contributed by atoms with Crippen LogP contribution in [0.2, 0.25) is 0 Å². The number of benzene rings is 1. The molecule has 0 aromatic heterocycles. The number of amides is 1. The molecule has 0 unspecified atom stereocenters. The van der Waals surface area contributed by atoms with Crippen molar-refractivity contribution < 1.29 is 17.9 Å². The van der Waals surface area contributed by atoms with Crippen LogP contribution in [0.25, 0.3) is 0 Å². The Bertz CT molecular complexity index is 747. The van der Waals surface area contributed by atoms with E-state index in [1.807, 2.05) is 13.8 Å². The highest BCUT2D eigenvalue weighted by molar-refractivity contribution is 7.90. The lowest BCUT2D eigenvalue weighted by Crippen LogP contribution is -2.50. The number of hydrogen-bond acceptors (Lipinski definition) is 4. The van der Waals surface area contributed by atoms with Crippen molar-refractivity contribution in [3.63, 3.8) is 0 Å². The van der Waals surface area contributed by atoms with Crippen LogP contribution >= 0.6 is 0 Å². The average molecular weight is 396 g/mol. The quantitative estimate of drug-likeness (QED) is 0.731. The Morgan fingerprint density at radius 1 is 1.22 bits per heavy atom. The van der Waals surface area contributed by atoms with Crippen molar-refractivity contribution in [1.29, 1.82) is 0 Å². The Morgan fingerprint density at radius 3 is 2.52 bits per heavy atom. The molecule has 2 fully saturated rings. The molecule has 27 heavy (non-hydrogen) atoms. The van der Waals surface area contributed by atoms with Gasteiger partial charge in [0.15, 0.2) is 0 Å². The Labute approximate surface area is 161 Å². The van der Waals surface area contributed by atoms with Gasteiger partial charge in [0.25, 0.3) is 0 Å². The molecule has 0 radical (unpaired) electrons. The SMILES string of the molecule is CCOc1ccc(N(CC)S(=O)(=O)N2CCC[C@@H](C(=O)NC3CC3)C2)cc1. The number of rotatable bonds is 8. The van der Waals surface area contributed by atoms with Crippen LogP contribution in [0, 0.1) is 5.92 Å². The molecule has 2 aliphatic rings. The van der Waals surface area contributed by atoms with Crippen LogP contribution < -0.4 is 14.4 Å². The highest BCUT2D eigenvalue weighted by atomic mass is 32.2. The van der Waals surface area contributed by atoms with E-state index in [0.29, 0.717) is 43.6 Å². The highest BCUT2D eigenvalue weighted by Gasteiger charge is 2.37. The second-order valence-electron chi connectivity index (χ2n) is 7.08. The van der Waals surface area contributed by atoms with Gasteiger partial charge in [0.1, 0.15) is 5.75 Å². The summed E-state index contributed by atoms with van der Waals surface area (Å²) < 4.78 is 34.7. The maximum absolute atomic E-state index is 13.2. The molecule has 1 aromatic rings. The fourth-order valence-electron chi connectivity index (χ4n) is 3.41. The Kier molecular flexibility index (Phi) is 6.26. The van der Waals surface area contributed by atoms with Gasteiger partial charge >= 0.3 is 10.2 Å². The first kappa shape index (κ1) is 19.9. The molecule has 1 aliphatic carbocycles. The van der Waals surface area contributed by atoms with Gasteiger partial charge in [-0.25, -0.2) is 0 Å². The van der Waals surface area contributed by atoms with Crippen molar-refractivity contribution >= 4 is 21.8 Å². The van der Waals surface area contributed by atoms with E-state index in [0.717, 1.165) is 19.3 Å². The van der Waals surface area contributed by atoms with Gasteiger partial charge in [0.2, 0.25) is 5.91 Å². The molecule has 3 rings (SSSR count). The molecule has 1 aromatic carbocycles. The van der Waals surface area contributed by atoms with Gasteiger partial charge in [-0.1, -0.05) is 0 Å². The number of hydrogen-bond donors (Lipinski definition) is 1. The minimum Gasteiger partial charge on any atom is -0.494 e. The summed E-state index contributed by atoms with van der Waals surface area (Å²) in [5.74, 6) is 0.430. The zero-order chi connectivity index (χ0) is 19.4. The lowest BCUT2D eigenvalue weighted by molar-refractivity contribution is -0.126. The van der Waals surface area contributed by atoms with Crippen LogP contribution in [0.1, 0.15) is 39.5 Å². The molecular formula is C19H29N3O4S. The van der Waals surface area contributed by atoms with Gasteiger partial charge in [-0.05, 0) is 63.8 Å². The van der Waals surface area contributed by atoms with E-state index in [1.54, 1.807) is 24.3 Å². The van der Waals surface area contributed by atoms with Crippen LogP contribution in [0.15, 0.2) is 24.3 Å². The predicted octanol–water partition coefficient (Wildman–Crippen LogP) is 2.15. The second kappa shape index (κ2) is 8.48. The van der Waals surface area contributed by atoms with Crippen LogP contribution in [0.4, 0.5) is 5.69 Å². The third-order valence-corrected chi connectivity index (χ3v) is 7.02.